The Labute approximate surface area is 304 Å². The lowest BCUT2D eigenvalue weighted by atomic mass is 9.80. The average molecular weight is 669 g/mol. The molecule has 8 rings (SSSR count). The summed E-state index contributed by atoms with van der Waals surface area (Å²) in [4.78, 5) is 14.7. The van der Waals surface area contributed by atoms with E-state index < -0.39 is 0 Å². The van der Waals surface area contributed by atoms with E-state index in [0.717, 1.165) is 33.4 Å². The molecule has 0 radical (unpaired) electrons. The van der Waals surface area contributed by atoms with Crippen LogP contribution in [0.4, 0.5) is 0 Å². The average Bonchev–Trinajstić information content (AvgIpc) is 3.42. The second-order valence-corrected chi connectivity index (χ2v) is 13.6. The predicted molar refractivity (Wildman–Crippen MR) is 214 cm³/mol. The highest BCUT2D eigenvalue weighted by molar-refractivity contribution is 6.05. The molecule has 1 heterocycles. The zero-order valence-electron chi connectivity index (χ0n) is 29.4. The van der Waals surface area contributed by atoms with Gasteiger partial charge >= 0.3 is 0 Å². The molecule has 0 unspecified atom stereocenters. The Morgan fingerprint density at radius 2 is 1.27 bits per heavy atom. The molecule has 0 aliphatic heterocycles. The first-order valence-corrected chi connectivity index (χ1v) is 17.5. The van der Waals surface area contributed by atoms with Crippen LogP contribution in [0.15, 0.2) is 158 Å². The number of nitrogens with zero attached hydrogens (tertiary/aromatic N) is 4. The first-order chi connectivity index (χ1) is 25.4. The van der Waals surface area contributed by atoms with Crippen molar-refractivity contribution in [3.63, 3.8) is 0 Å². The molecule has 4 nitrogen and oxygen atoms in total. The van der Waals surface area contributed by atoms with Gasteiger partial charge in [-0.05, 0) is 80.4 Å². The number of hydrogen-bond acceptors (Lipinski definition) is 4. The van der Waals surface area contributed by atoms with Gasteiger partial charge < -0.3 is 0 Å². The molecular formula is C48H36N4. The van der Waals surface area contributed by atoms with Gasteiger partial charge in [-0.25, -0.2) is 15.0 Å². The largest absolute Gasteiger partial charge is 0.208 e. The van der Waals surface area contributed by atoms with Crippen LogP contribution in [0.1, 0.15) is 43.3 Å². The van der Waals surface area contributed by atoms with Gasteiger partial charge in [0.25, 0.3) is 0 Å². The number of nitriles is 1. The molecule has 4 heteroatoms. The lowest BCUT2D eigenvalue weighted by Crippen LogP contribution is -2.15. The third-order valence-corrected chi connectivity index (χ3v) is 10.1. The lowest BCUT2D eigenvalue weighted by Gasteiger charge is -2.23. The zero-order chi connectivity index (χ0) is 35.8. The van der Waals surface area contributed by atoms with Crippen molar-refractivity contribution in [3.05, 3.63) is 181 Å². The van der Waals surface area contributed by atoms with Gasteiger partial charge in [0.2, 0.25) is 0 Å². The summed E-state index contributed by atoms with van der Waals surface area (Å²) in [5, 5.41) is 12.0. The van der Waals surface area contributed by atoms with Gasteiger partial charge in [-0.1, -0.05) is 154 Å². The van der Waals surface area contributed by atoms with Gasteiger partial charge in [-0.15, -0.1) is 0 Å². The number of allylic oxidation sites excluding steroid dienone is 5. The molecule has 52 heavy (non-hydrogen) atoms. The smallest absolute Gasteiger partial charge is 0.164 e. The minimum absolute atomic E-state index is 0.240. The van der Waals surface area contributed by atoms with Crippen LogP contribution in [0.5, 0.6) is 0 Å². The van der Waals surface area contributed by atoms with Crippen LogP contribution in [0, 0.1) is 11.3 Å². The van der Waals surface area contributed by atoms with Crippen LogP contribution < -0.4 is 0 Å². The first kappa shape index (κ1) is 32.5. The monoisotopic (exact) mass is 668 g/mol. The summed E-state index contributed by atoms with van der Waals surface area (Å²) in [6, 6.07) is 46.8. The predicted octanol–water partition coefficient (Wildman–Crippen LogP) is 12.0. The zero-order valence-corrected chi connectivity index (χ0v) is 29.4. The van der Waals surface area contributed by atoms with Crippen LogP contribution in [-0.2, 0) is 5.41 Å². The van der Waals surface area contributed by atoms with Crippen molar-refractivity contribution in [1.29, 1.82) is 5.26 Å². The molecule has 6 aromatic carbocycles. The molecule has 1 aliphatic carbocycles. The van der Waals surface area contributed by atoms with E-state index in [0.29, 0.717) is 23.0 Å². The highest BCUT2D eigenvalue weighted by Crippen LogP contribution is 2.51. The highest BCUT2D eigenvalue weighted by Gasteiger charge is 2.36. The van der Waals surface area contributed by atoms with Crippen molar-refractivity contribution in [1.82, 2.24) is 15.0 Å². The lowest BCUT2D eigenvalue weighted by molar-refractivity contribution is 0.660. The molecule has 0 saturated carbocycles. The fourth-order valence-corrected chi connectivity index (χ4v) is 7.41. The molecule has 248 valence electrons. The first-order valence-electron chi connectivity index (χ1n) is 17.5. The molecule has 0 fully saturated rings. The van der Waals surface area contributed by atoms with Crippen LogP contribution in [0.2, 0.25) is 0 Å². The van der Waals surface area contributed by atoms with Gasteiger partial charge in [0.15, 0.2) is 17.5 Å². The second kappa shape index (κ2) is 13.2. The minimum atomic E-state index is -0.240. The van der Waals surface area contributed by atoms with Gasteiger partial charge in [0.05, 0.1) is 11.6 Å². The quantitative estimate of drug-likeness (QED) is 0.159. The van der Waals surface area contributed by atoms with Crippen molar-refractivity contribution in [2.24, 2.45) is 0 Å². The van der Waals surface area contributed by atoms with Crippen molar-refractivity contribution in [2.45, 2.75) is 26.2 Å². The van der Waals surface area contributed by atoms with Crippen LogP contribution in [0.25, 0.3) is 72.5 Å². The Kier molecular flexibility index (Phi) is 8.26. The van der Waals surface area contributed by atoms with E-state index in [4.69, 9.17) is 15.0 Å². The van der Waals surface area contributed by atoms with Gasteiger partial charge in [-0.3, -0.25) is 0 Å². The summed E-state index contributed by atoms with van der Waals surface area (Å²) in [5.41, 5.74) is 12.7. The fraction of sp³-hybridized carbons (Fsp3) is 0.0833. The van der Waals surface area contributed by atoms with Crippen LogP contribution >= 0.6 is 0 Å². The normalized spacial score (nSPS) is 13.2. The molecule has 0 spiro atoms. The van der Waals surface area contributed by atoms with Crippen molar-refractivity contribution in [3.8, 4) is 62.2 Å². The van der Waals surface area contributed by atoms with E-state index in [1.54, 1.807) is 6.08 Å². The number of fused-ring (bicyclic) bond motifs is 4. The molecule has 0 N–H and O–H groups in total. The van der Waals surface area contributed by atoms with E-state index in [1.165, 1.54) is 38.6 Å². The summed E-state index contributed by atoms with van der Waals surface area (Å²) < 4.78 is 0. The van der Waals surface area contributed by atoms with Crippen molar-refractivity contribution >= 4 is 16.3 Å². The molecule has 0 atom stereocenters. The standard InChI is InChI=1S/C48H36N4/c1-5-7-13-32(6-2)45-50-46(35-15-9-8-10-16-35)52-47(51-45)36-21-19-34(20-22-36)39-26-23-33-14-11-12-17-38(33)44(39)37-24-27-41-40-25-18-31(30-49)28-42(40)48(3,4)43(41)29-37/h5-29H,1H2,2-4H3/b13-7-,32-6+. The van der Waals surface area contributed by atoms with E-state index in [-0.39, 0.29) is 5.41 Å². The fourth-order valence-electron chi connectivity index (χ4n) is 7.41. The van der Waals surface area contributed by atoms with Gasteiger partial charge in [0, 0.05) is 22.1 Å². The Balaban J connectivity index is 1.24. The maximum absolute atomic E-state index is 9.63. The second-order valence-electron chi connectivity index (χ2n) is 13.6. The number of hydrogen-bond donors (Lipinski definition) is 0. The maximum atomic E-state index is 9.63. The third kappa shape index (κ3) is 5.63. The van der Waals surface area contributed by atoms with Crippen LogP contribution in [0.3, 0.4) is 0 Å². The van der Waals surface area contributed by atoms with Crippen molar-refractivity contribution < 1.29 is 0 Å². The molecule has 7 aromatic rings. The molecule has 0 saturated heterocycles. The highest BCUT2D eigenvalue weighted by atomic mass is 15.0. The summed E-state index contributed by atoms with van der Waals surface area (Å²) in [6.45, 7) is 10.3. The number of aromatic nitrogens is 3. The molecule has 0 amide bonds. The number of rotatable bonds is 7. The third-order valence-electron chi connectivity index (χ3n) is 10.1. The maximum Gasteiger partial charge on any atom is 0.164 e. The molecule has 0 bridgehead atoms. The topological polar surface area (TPSA) is 62.5 Å². The molecule has 1 aliphatic rings. The summed E-state index contributed by atoms with van der Waals surface area (Å²) >= 11 is 0. The van der Waals surface area contributed by atoms with E-state index in [2.05, 4.69) is 117 Å². The number of benzene rings is 6. The SMILES string of the molecule is C=C/C=C\C(=C/C)c1nc(-c2ccccc2)nc(-c2ccc(-c3ccc4ccccc4c3-c3ccc4c(c3)C(C)(C)c3cc(C#N)ccc3-4)cc2)n1. The van der Waals surface area contributed by atoms with Gasteiger partial charge in [-0.2, -0.15) is 5.26 Å². The Hall–Kier alpha value is -6.70. The molecular weight excluding hydrogens is 633 g/mol. The summed E-state index contributed by atoms with van der Waals surface area (Å²) in [5.74, 6) is 1.84. The van der Waals surface area contributed by atoms with Crippen molar-refractivity contribution in [2.75, 3.05) is 0 Å². The Morgan fingerprint density at radius 1 is 0.654 bits per heavy atom. The Morgan fingerprint density at radius 3 is 1.98 bits per heavy atom. The minimum Gasteiger partial charge on any atom is -0.208 e. The van der Waals surface area contributed by atoms with E-state index in [9.17, 15) is 5.26 Å². The van der Waals surface area contributed by atoms with E-state index in [1.807, 2.05) is 61.5 Å². The van der Waals surface area contributed by atoms with E-state index >= 15 is 0 Å². The summed E-state index contributed by atoms with van der Waals surface area (Å²) in [6.07, 6.45) is 7.61. The van der Waals surface area contributed by atoms with Gasteiger partial charge in [0.1, 0.15) is 0 Å². The summed E-state index contributed by atoms with van der Waals surface area (Å²) in [7, 11) is 0. The Bertz CT molecular complexity index is 2620. The molecule has 1 aromatic heterocycles. The van der Waals surface area contributed by atoms with Crippen LogP contribution in [-0.4, -0.2) is 15.0 Å².